The van der Waals surface area contributed by atoms with Gasteiger partial charge in [0.1, 0.15) is 11.5 Å². The van der Waals surface area contributed by atoms with Crippen LogP contribution in [0.2, 0.25) is 0 Å². The number of nitrogens with one attached hydrogen (secondary N) is 3. The Morgan fingerprint density at radius 2 is 0.784 bits per heavy atom. The lowest BCUT2D eigenvalue weighted by atomic mass is 9.92. The Balaban J connectivity index is 1.62. The third-order valence-corrected chi connectivity index (χ3v) is 10.1. The summed E-state index contributed by atoms with van der Waals surface area (Å²) in [6.45, 7) is 13.1. The Morgan fingerprint density at radius 1 is 0.412 bits per heavy atom. The first kappa shape index (κ1) is 32.2. The van der Waals surface area contributed by atoms with E-state index >= 15 is 0 Å². The summed E-state index contributed by atoms with van der Waals surface area (Å²) < 4.78 is 12.0. The quantitative estimate of drug-likeness (QED) is 0.170. The first-order valence-electron chi connectivity index (χ1n) is 17.4. The molecule has 0 saturated carbocycles. The Labute approximate surface area is 298 Å². The van der Waals surface area contributed by atoms with Gasteiger partial charge in [-0.25, -0.2) is 4.98 Å². The summed E-state index contributed by atoms with van der Waals surface area (Å²) in [7, 11) is 3.41. The molecule has 7 aromatic rings. The summed E-state index contributed by atoms with van der Waals surface area (Å²) in [6, 6.07) is 27.9. The summed E-state index contributed by atoms with van der Waals surface area (Å²) in [5.41, 5.74) is 21.3. The average molecular weight is 671 g/mol. The third-order valence-electron chi connectivity index (χ3n) is 10.1. The fourth-order valence-electron chi connectivity index (χ4n) is 8.19. The Morgan fingerprint density at radius 3 is 1.25 bits per heavy atom. The van der Waals surface area contributed by atoms with Crippen molar-refractivity contribution in [3.05, 3.63) is 124 Å². The van der Waals surface area contributed by atoms with Crippen molar-refractivity contribution >= 4 is 45.3 Å². The van der Waals surface area contributed by atoms with Gasteiger partial charge in [-0.1, -0.05) is 41.5 Å². The van der Waals surface area contributed by atoms with E-state index in [0.717, 1.165) is 78.2 Å². The molecule has 51 heavy (non-hydrogen) atoms. The van der Waals surface area contributed by atoms with Crippen LogP contribution >= 0.6 is 0 Å². The predicted octanol–water partition coefficient (Wildman–Crippen LogP) is 11.6. The molecule has 0 atom stereocenters. The predicted molar refractivity (Wildman–Crippen MR) is 213 cm³/mol. The van der Waals surface area contributed by atoms with Gasteiger partial charge in [0.15, 0.2) is 0 Å². The number of hydrogen-bond acceptors (Lipinski definition) is 3. The van der Waals surface area contributed by atoms with Crippen LogP contribution in [0.25, 0.3) is 78.6 Å². The number of ether oxygens (including phenoxy) is 2. The highest BCUT2D eigenvalue weighted by Gasteiger charge is 2.21. The van der Waals surface area contributed by atoms with Crippen LogP contribution in [0.15, 0.2) is 78.9 Å². The molecule has 0 radical (unpaired) electrons. The van der Waals surface area contributed by atoms with Crippen molar-refractivity contribution in [1.82, 2.24) is 19.9 Å². The van der Waals surface area contributed by atoms with Gasteiger partial charge in [-0.15, -0.1) is 0 Å². The topological polar surface area (TPSA) is 78.7 Å². The molecule has 4 aromatic heterocycles. The van der Waals surface area contributed by atoms with E-state index in [-0.39, 0.29) is 0 Å². The number of aromatic amines is 3. The molecule has 3 aromatic carbocycles. The maximum Gasteiger partial charge on any atom is 0.130 e. The van der Waals surface area contributed by atoms with Crippen LogP contribution in [-0.4, -0.2) is 34.2 Å². The fourth-order valence-corrected chi connectivity index (χ4v) is 8.19. The number of hydrogen-bond donors (Lipinski definition) is 3. The standard InChI is InChI=1S/C45H42N4O2/c1-24-20-26(3)40(27(4)21-24)42-32-14-12-30(46-32)31-13-15-33(47-31)43(41-28(5)22-25(2)23-29(41)6)35-17-19-37(49-35)44(36-18-16-34(42)48-36)45-38(50-7)10-9-11-39(45)51-8/h9-23,46,48-49H,1-8H3. The number of fused-ring (bicyclic) bond motifs is 9. The smallest absolute Gasteiger partial charge is 0.130 e. The van der Waals surface area contributed by atoms with Gasteiger partial charge in [0.25, 0.3) is 0 Å². The van der Waals surface area contributed by atoms with Gasteiger partial charge >= 0.3 is 0 Å². The number of benzene rings is 3. The molecule has 8 rings (SSSR count). The van der Waals surface area contributed by atoms with Crippen molar-refractivity contribution in [3.8, 4) is 44.9 Å². The Hall–Kier alpha value is -6.01. The van der Waals surface area contributed by atoms with Crippen LogP contribution in [0.1, 0.15) is 44.8 Å². The second-order valence-electron chi connectivity index (χ2n) is 13.8. The number of aryl methyl sites for hydroxylation is 6. The van der Waals surface area contributed by atoms with E-state index < -0.39 is 0 Å². The minimum absolute atomic E-state index is 0.717. The molecule has 0 aliphatic carbocycles. The Kier molecular flexibility index (Phi) is 7.83. The fraction of sp³-hybridized carbons (Fsp3) is 0.178. The first-order chi connectivity index (χ1) is 24.6. The highest BCUT2D eigenvalue weighted by atomic mass is 16.5. The zero-order valence-corrected chi connectivity index (χ0v) is 30.4. The summed E-state index contributed by atoms with van der Waals surface area (Å²) in [4.78, 5) is 16.8. The van der Waals surface area contributed by atoms with Crippen LogP contribution in [-0.2, 0) is 0 Å². The monoisotopic (exact) mass is 670 g/mol. The molecule has 5 heterocycles. The molecular formula is C45H42N4O2. The number of methoxy groups -OCH3 is 2. The maximum absolute atomic E-state index is 6.01. The number of aromatic nitrogens is 4. The average Bonchev–Trinajstić information content (AvgIpc) is 3.92. The van der Waals surface area contributed by atoms with Gasteiger partial charge in [-0.05, 0) is 136 Å². The number of H-pyrrole nitrogens is 3. The van der Waals surface area contributed by atoms with Crippen molar-refractivity contribution < 1.29 is 9.47 Å². The minimum atomic E-state index is 0.717. The molecular weight excluding hydrogens is 629 g/mol. The second-order valence-corrected chi connectivity index (χ2v) is 13.8. The summed E-state index contributed by atoms with van der Waals surface area (Å²) in [5.74, 6) is 1.43. The maximum atomic E-state index is 6.01. The van der Waals surface area contributed by atoms with Gasteiger partial charge in [0, 0.05) is 44.3 Å². The van der Waals surface area contributed by atoms with Crippen molar-refractivity contribution in [2.75, 3.05) is 14.2 Å². The van der Waals surface area contributed by atoms with E-state index in [4.69, 9.17) is 14.5 Å². The van der Waals surface area contributed by atoms with E-state index in [1.165, 1.54) is 44.5 Å². The normalized spacial score (nSPS) is 11.8. The van der Waals surface area contributed by atoms with Crippen LogP contribution in [0.5, 0.6) is 11.5 Å². The van der Waals surface area contributed by atoms with E-state index in [1.54, 1.807) is 14.2 Å². The molecule has 254 valence electrons. The molecule has 0 amide bonds. The molecule has 0 spiro atoms. The molecule has 8 bridgehead atoms. The number of rotatable bonds is 5. The minimum Gasteiger partial charge on any atom is -0.496 e. The van der Waals surface area contributed by atoms with Crippen LogP contribution in [0.3, 0.4) is 0 Å². The third kappa shape index (κ3) is 5.39. The Bertz CT molecular complexity index is 2610. The van der Waals surface area contributed by atoms with Crippen LogP contribution in [0.4, 0.5) is 0 Å². The lowest BCUT2D eigenvalue weighted by Crippen LogP contribution is -1.94. The zero-order valence-electron chi connectivity index (χ0n) is 30.4. The molecule has 0 unspecified atom stereocenters. The van der Waals surface area contributed by atoms with E-state index in [1.807, 2.05) is 18.2 Å². The summed E-state index contributed by atoms with van der Waals surface area (Å²) in [6.07, 6.45) is 4.25. The lowest BCUT2D eigenvalue weighted by Gasteiger charge is -2.14. The van der Waals surface area contributed by atoms with Crippen molar-refractivity contribution in [2.24, 2.45) is 0 Å². The van der Waals surface area contributed by atoms with E-state index in [0.29, 0.717) is 0 Å². The molecule has 1 aliphatic heterocycles. The molecule has 6 nitrogen and oxygen atoms in total. The van der Waals surface area contributed by atoms with Crippen molar-refractivity contribution in [3.63, 3.8) is 0 Å². The lowest BCUT2D eigenvalue weighted by molar-refractivity contribution is 0.397. The van der Waals surface area contributed by atoms with E-state index in [2.05, 4.69) is 129 Å². The highest BCUT2D eigenvalue weighted by molar-refractivity contribution is 6.03. The van der Waals surface area contributed by atoms with Crippen molar-refractivity contribution in [2.45, 2.75) is 41.5 Å². The van der Waals surface area contributed by atoms with E-state index in [9.17, 15) is 0 Å². The molecule has 6 heteroatoms. The van der Waals surface area contributed by atoms with Crippen molar-refractivity contribution in [1.29, 1.82) is 0 Å². The van der Waals surface area contributed by atoms with Gasteiger partial charge in [-0.2, -0.15) is 0 Å². The molecule has 3 N–H and O–H groups in total. The highest BCUT2D eigenvalue weighted by Crippen LogP contribution is 2.44. The summed E-state index contributed by atoms with van der Waals surface area (Å²) >= 11 is 0. The zero-order chi connectivity index (χ0) is 35.6. The van der Waals surface area contributed by atoms with Gasteiger partial charge in [0.05, 0.1) is 36.7 Å². The van der Waals surface area contributed by atoms with Gasteiger partial charge in [-0.3, -0.25) is 0 Å². The van der Waals surface area contributed by atoms with Crippen LogP contribution in [0, 0.1) is 41.5 Å². The number of nitrogens with zero attached hydrogens (tertiary/aromatic N) is 1. The van der Waals surface area contributed by atoms with Gasteiger partial charge < -0.3 is 24.4 Å². The largest absolute Gasteiger partial charge is 0.496 e. The molecule has 1 aliphatic rings. The van der Waals surface area contributed by atoms with Gasteiger partial charge in [0.2, 0.25) is 0 Å². The van der Waals surface area contributed by atoms with Crippen LogP contribution < -0.4 is 9.47 Å². The molecule has 0 saturated heterocycles. The first-order valence-corrected chi connectivity index (χ1v) is 17.4. The summed E-state index contributed by atoms with van der Waals surface area (Å²) in [5, 5.41) is 0. The second kappa shape index (κ2) is 12.4. The molecule has 0 fully saturated rings. The SMILES string of the molecule is COc1cccc(OC)c1-c1c2ccc([nH]2)c(-c2c(C)cc(C)cc2C)c2nc(c3ccc([nH]3)c(-c3c(C)cc(C)cc3C)c3ccc1[nH]3)C=C2.